The first kappa shape index (κ1) is 24.7. The first-order valence-corrected chi connectivity index (χ1v) is 11.0. The van der Waals surface area contributed by atoms with Crippen LogP contribution in [0.2, 0.25) is 5.02 Å². The maximum atomic E-state index is 13.4. The quantitative estimate of drug-likeness (QED) is 0.493. The topological polar surface area (TPSA) is 129 Å². The third kappa shape index (κ3) is 5.05. The molecular weight excluding hydrogens is 539 g/mol. The van der Waals surface area contributed by atoms with Gasteiger partial charge < -0.3 is 10.4 Å². The second-order valence-corrected chi connectivity index (χ2v) is 9.06. The Bertz CT molecular complexity index is 1200. The van der Waals surface area contributed by atoms with Gasteiger partial charge in [0.2, 0.25) is 5.91 Å². The molecule has 3 rings (SSSR count). The monoisotopic (exact) mass is 556 g/mol. The summed E-state index contributed by atoms with van der Waals surface area (Å²) < 4.78 is 1.65. The molecule has 0 saturated carbocycles. The Kier molecular flexibility index (Phi) is 7.15. The SMILES string of the molecule is CC1=CC(Cl)=CC(C(=O)N(C)NC(=O)O)C1(C)NC(=O)c1cc(Br)nn1-c1ncccc1Cl. The number of hydrogen-bond donors (Lipinski definition) is 3. The molecule has 3 N–H and O–H groups in total. The van der Waals surface area contributed by atoms with E-state index in [-0.39, 0.29) is 21.6 Å². The number of nitrogens with one attached hydrogen (secondary N) is 2. The summed E-state index contributed by atoms with van der Waals surface area (Å²) in [6.07, 6.45) is 3.19. The zero-order valence-electron chi connectivity index (χ0n) is 17.6. The smallest absolute Gasteiger partial charge is 0.423 e. The number of carbonyl (C=O) groups is 3. The number of carbonyl (C=O) groups excluding carboxylic acids is 2. The predicted octanol–water partition coefficient (Wildman–Crippen LogP) is 3.51. The molecule has 0 aromatic carbocycles. The Balaban J connectivity index is 1.99. The van der Waals surface area contributed by atoms with Crippen molar-refractivity contribution in [1.82, 2.24) is 30.5 Å². The van der Waals surface area contributed by atoms with Gasteiger partial charge in [-0.05, 0) is 53.6 Å². The number of hydrogen-bond acceptors (Lipinski definition) is 5. The maximum absolute atomic E-state index is 13.4. The van der Waals surface area contributed by atoms with Gasteiger partial charge in [0.1, 0.15) is 10.3 Å². The van der Waals surface area contributed by atoms with E-state index in [1.165, 1.54) is 30.1 Å². The minimum Gasteiger partial charge on any atom is -0.464 e. The highest BCUT2D eigenvalue weighted by Gasteiger charge is 2.44. The van der Waals surface area contributed by atoms with E-state index < -0.39 is 29.4 Å². The molecule has 10 nitrogen and oxygen atoms in total. The van der Waals surface area contributed by atoms with Gasteiger partial charge in [-0.15, -0.1) is 0 Å². The number of halogens is 3. The normalized spacial score (nSPS) is 19.9. The van der Waals surface area contributed by atoms with E-state index in [0.717, 1.165) is 5.01 Å². The number of carboxylic acid groups (broad SMARTS) is 1. The van der Waals surface area contributed by atoms with Crippen LogP contribution in [0, 0.1) is 5.92 Å². The molecule has 0 spiro atoms. The lowest BCUT2D eigenvalue weighted by atomic mass is 9.75. The highest BCUT2D eigenvalue weighted by Crippen LogP contribution is 2.36. The predicted molar refractivity (Wildman–Crippen MR) is 125 cm³/mol. The molecule has 1 aliphatic rings. The Morgan fingerprint density at radius 2 is 2.03 bits per heavy atom. The molecular formula is C20H19BrCl2N6O4. The number of aromatic nitrogens is 3. The summed E-state index contributed by atoms with van der Waals surface area (Å²) in [5, 5.41) is 17.5. The summed E-state index contributed by atoms with van der Waals surface area (Å²) in [7, 11) is 1.27. The van der Waals surface area contributed by atoms with Crippen LogP contribution in [0.15, 0.2) is 51.8 Å². The summed E-state index contributed by atoms with van der Waals surface area (Å²) in [4.78, 5) is 41.6. The molecule has 2 heterocycles. The Hall–Kier alpha value is -2.89. The van der Waals surface area contributed by atoms with Gasteiger partial charge in [0.25, 0.3) is 5.91 Å². The van der Waals surface area contributed by atoms with Gasteiger partial charge in [0, 0.05) is 24.3 Å². The molecule has 2 aromatic rings. The largest absolute Gasteiger partial charge is 0.464 e. The number of nitrogens with zero attached hydrogens (tertiary/aromatic N) is 4. The van der Waals surface area contributed by atoms with Crippen molar-refractivity contribution in [1.29, 1.82) is 0 Å². The summed E-state index contributed by atoms with van der Waals surface area (Å²) in [5.74, 6) is -1.94. The van der Waals surface area contributed by atoms with E-state index in [9.17, 15) is 14.4 Å². The minimum absolute atomic E-state index is 0.111. The number of amides is 3. The van der Waals surface area contributed by atoms with Crippen molar-refractivity contribution in [2.45, 2.75) is 19.4 Å². The Morgan fingerprint density at radius 3 is 2.67 bits per heavy atom. The van der Waals surface area contributed by atoms with Gasteiger partial charge >= 0.3 is 6.09 Å². The molecule has 174 valence electrons. The van der Waals surface area contributed by atoms with Crippen molar-refractivity contribution in [2.24, 2.45) is 5.92 Å². The molecule has 2 atom stereocenters. The van der Waals surface area contributed by atoms with Crippen LogP contribution in [0.25, 0.3) is 5.82 Å². The molecule has 33 heavy (non-hydrogen) atoms. The molecule has 3 amide bonds. The minimum atomic E-state index is -1.41. The van der Waals surface area contributed by atoms with Gasteiger partial charge in [-0.25, -0.2) is 19.9 Å². The molecule has 2 unspecified atom stereocenters. The van der Waals surface area contributed by atoms with E-state index in [1.54, 1.807) is 32.1 Å². The van der Waals surface area contributed by atoms with E-state index in [1.807, 2.05) is 5.43 Å². The number of rotatable bonds is 4. The van der Waals surface area contributed by atoms with Crippen LogP contribution in [-0.4, -0.2) is 55.4 Å². The molecule has 13 heteroatoms. The summed E-state index contributed by atoms with van der Waals surface area (Å²) >= 11 is 15.7. The Morgan fingerprint density at radius 1 is 1.33 bits per heavy atom. The fraction of sp³-hybridized carbons (Fsp3) is 0.250. The maximum Gasteiger partial charge on any atom is 0.423 e. The fourth-order valence-corrected chi connectivity index (χ4v) is 4.25. The summed E-state index contributed by atoms with van der Waals surface area (Å²) in [6.45, 7) is 3.36. The van der Waals surface area contributed by atoms with Crippen LogP contribution >= 0.6 is 39.1 Å². The van der Waals surface area contributed by atoms with E-state index >= 15 is 0 Å². The number of pyridine rings is 1. The second-order valence-electron chi connectivity index (χ2n) is 7.40. The molecule has 0 saturated heterocycles. The molecule has 0 fully saturated rings. The second kappa shape index (κ2) is 9.54. The van der Waals surface area contributed by atoms with Gasteiger partial charge in [-0.3, -0.25) is 14.6 Å². The van der Waals surface area contributed by atoms with Crippen molar-refractivity contribution >= 4 is 57.0 Å². The van der Waals surface area contributed by atoms with Crippen molar-refractivity contribution < 1.29 is 19.5 Å². The number of hydrazine groups is 1. The fourth-order valence-electron chi connectivity index (χ4n) is 3.39. The Labute approximate surface area is 207 Å². The standard InChI is InChI=1S/C20H19BrCl2N6O4/c1-10-7-11(22)8-12(18(31)28(3)27-19(32)33)20(10,2)25-17(30)14-9-15(21)26-29(14)16-13(23)5-4-6-24-16/h4-9,12,27H,1-3H3,(H,25,30)(H,32,33). The van der Waals surface area contributed by atoms with Gasteiger partial charge in [-0.2, -0.15) is 5.10 Å². The van der Waals surface area contributed by atoms with Crippen LogP contribution in [-0.2, 0) is 4.79 Å². The lowest BCUT2D eigenvalue weighted by molar-refractivity contribution is -0.136. The van der Waals surface area contributed by atoms with Crippen LogP contribution in [0.3, 0.4) is 0 Å². The van der Waals surface area contributed by atoms with Crippen LogP contribution in [0.5, 0.6) is 0 Å². The lowest BCUT2D eigenvalue weighted by Gasteiger charge is -2.40. The highest BCUT2D eigenvalue weighted by molar-refractivity contribution is 9.10. The first-order valence-electron chi connectivity index (χ1n) is 9.46. The third-order valence-electron chi connectivity index (χ3n) is 5.21. The van der Waals surface area contributed by atoms with Gasteiger partial charge in [0.15, 0.2) is 5.82 Å². The molecule has 0 bridgehead atoms. The van der Waals surface area contributed by atoms with E-state index in [0.29, 0.717) is 10.2 Å². The number of allylic oxidation sites excluding steroid dienone is 2. The summed E-state index contributed by atoms with van der Waals surface area (Å²) in [5.41, 5.74) is 1.45. The molecule has 0 aliphatic heterocycles. The van der Waals surface area contributed by atoms with Crippen LogP contribution in [0.4, 0.5) is 4.79 Å². The van der Waals surface area contributed by atoms with Crippen molar-refractivity contribution in [2.75, 3.05) is 7.05 Å². The summed E-state index contributed by atoms with van der Waals surface area (Å²) in [6, 6.07) is 4.75. The van der Waals surface area contributed by atoms with Gasteiger partial charge in [-0.1, -0.05) is 29.3 Å². The van der Waals surface area contributed by atoms with E-state index in [4.69, 9.17) is 28.3 Å². The zero-order chi connectivity index (χ0) is 24.5. The first-order chi connectivity index (χ1) is 15.4. The van der Waals surface area contributed by atoms with Crippen molar-refractivity contribution in [3.8, 4) is 5.82 Å². The van der Waals surface area contributed by atoms with Crippen molar-refractivity contribution in [3.63, 3.8) is 0 Å². The average Bonchev–Trinajstić information content (AvgIpc) is 3.12. The van der Waals surface area contributed by atoms with Crippen LogP contribution < -0.4 is 10.7 Å². The van der Waals surface area contributed by atoms with Crippen molar-refractivity contribution in [3.05, 3.63) is 62.5 Å². The lowest BCUT2D eigenvalue weighted by Crippen LogP contribution is -2.59. The molecule has 1 aliphatic carbocycles. The molecule has 2 aromatic heterocycles. The van der Waals surface area contributed by atoms with E-state index in [2.05, 4.69) is 31.3 Å². The highest BCUT2D eigenvalue weighted by atomic mass is 79.9. The average molecular weight is 558 g/mol. The van der Waals surface area contributed by atoms with Crippen LogP contribution in [0.1, 0.15) is 24.3 Å². The molecule has 0 radical (unpaired) electrons. The zero-order valence-corrected chi connectivity index (χ0v) is 20.7. The third-order valence-corrected chi connectivity index (χ3v) is 6.12. The van der Waals surface area contributed by atoms with Gasteiger partial charge in [0.05, 0.1) is 16.5 Å².